The second-order valence-corrected chi connectivity index (χ2v) is 5.07. The van der Waals surface area contributed by atoms with Gasteiger partial charge in [-0.05, 0) is 24.4 Å². The van der Waals surface area contributed by atoms with Gasteiger partial charge in [0.15, 0.2) is 0 Å². The zero-order valence-electron chi connectivity index (χ0n) is 11.7. The fraction of sp³-hybridized carbons (Fsp3) is 0.111. The molecule has 0 saturated carbocycles. The van der Waals surface area contributed by atoms with Gasteiger partial charge in [0.1, 0.15) is 11.6 Å². The molecule has 3 heteroatoms. The number of rotatable bonds is 3. The number of benzene rings is 3. The van der Waals surface area contributed by atoms with Crippen LogP contribution in [-0.4, -0.2) is 5.11 Å². The average Bonchev–Trinajstić information content (AvgIpc) is 2.50. The van der Waals surface area contributed by atoms with Crippen molar-refractivity contribution in [1.29, 1.82) is 0 Å². The fourth-order valence-electron chi connectivity index (χ4n) is 2.51. The van der Waals surface area contributed by atoms with Crippen LogP contribution in [0.5, 0.6) is 5.75 Å². The number of anilines is 1. The summed E-state index contributed by atoms with van der Waals surface area (Å²) in [5.74, 6) is -0.0610. The van der Waals surface area contributed by atoms with Gasteiger partial charge in [0.25, 0.3) is 0 Å². The summed E-state index contributed by atoms with van der Waals surface area (Å²) in [7, 11) is 0. The van der Waals surface area contributed by atoms with Crippen molar-refractivity contribution in [3.05, 3.63) is 72.0 Å². The minimum Gasteiger partial charge on any atom is -0.507 e. The number of fused-ring (bicyclic) bond motifs is 1. The first kappa shape index (κ1) is 13.4. The van der Waals surface area contributed by atoms with Crippen molar-refractivity contribution < 1.29 is 9.50 Å². The van der Waals surface area contributed by atoms with Gasteiger partial charge in [-0.1, -0.05) is 48.5 Å². The molecule has 0 aromatic heterocycles. The number of hydrogen-bond acceptors (Lipinski definition) is 2. The number of para-hydroxylation sites is 1. The maximum Gasteiger partial charge on any atom is 0.146 e. The van der Waals surface area contributed by atoms with E-state index in [1.165, 1.54) is 6.07 Å². The Bertz CT molecular complexity index is 785. The van der Waals surface area contributed by atoms with Gasteiger partial charge in [-0.25, -0.2) is 4.39 Å². The Balaban J connectivity index is 1.97. The molecule has 0 spiro atoms. The molecule has 3 rings (SSSR count). The molecule has 1 unspecified atom stereocenters. The Morgan fingerprint density at radius 2 is 1.67 bits per heavy atom. The summed E-state index contributed by atoms with van der Waals surface area (Å²) >= 11 is 0. The summed E-state index contributed by atoms with van der Waals surface area (Å²) in [5.41, 5.74) is 1.18. The molecule has 0 amide bonds. The van der Waals surface area contributed by atoms with E-state index in [-0.39, 0.29) is 17.6 Å². The summed E-state index contributed by atoms with van der Waals surface area (Å²) in [6.45, 7) is 1.90. The molecular formula is C18H16FNO. The lowest BCUT2D eigenvalue weighted by molar-refractivity contribution is 0.471. The largest absolute Gasteiger partial charge is 0.507 e. The van der Waals surface area contributed by atoms with E-state index in [1.807, 2.05) is 43.3 Å². The molecule has 0 aliphatic heterocycles. The molecule has 0 aliphatic rings. The topological polar surface area (TPSA) is 32.3 Å². The van der Waals surface area contributed by atoms with Gasteiger partial charge < -0.3 is 10.4 Å². The molecule has 0 fully saturated rings. The SMILES string of the molecule is CC(Nc1ccccc1F)c1ccc2ccccc2c1O. The maximum absolute atomic E-state index is 13.7. The second kappa shape index (κ2) is 5.44. The summed E-state index contributed by atoms with van der Waals surface area (Å²) in [5, 5.41) is 15.3. The van der Waals surface area contributed by atoms with Crippen molar-refractivity contribution in [3.63, 3.8) is 0 Å². The Hall–Kier alpha value is -2.55. The predicted molar refractivity (Wildman–Crippen MR) is 84.1 cm³/mol. The molecule has 0 radical (unpaired) electrons. The minimum atomic E-state index is -0.301. The van der Waals surface area contributed by atoms with Gasteiger partial charge in [0.05, 0.1) is 11.7 Å². The number of phenols is 1. The third-order valence-corrected chi connectivity index (χ3v) is 3.64. The van der Waals surface area contributed by atoms with Crippen molar-refractivity contribution in [2.75, 3.05) is 5.32 Å². The molecule has 106 valence electrons. The quantitative estimate of drug-likeness (QED) is 0.718. The van der Waals surface area contributed by atoms with Crippen LogP contribution in [0.4, 0.5) is 10.1 Å². The van der Waals surface area contributed by atoms with Gasteiger partial charge in [0, 0.05) is 10.9 Å². The molecule has 1 atom stereocenters. The van der Waals surface area contributed by atoms with Crippen molar-refractivity contribution in [3.8, 4) is 5.75 Å². The number of nitrogens with one attached hydrogen (secondary N) is 1. The highest BCUT2D eigenvalue weighted by Gasteiger charge is 2.14. The predicted octanol–water partition coefficient (Wildman–Crippen LogP) is 4.86. The Morgan fingerprint density at radius 3 is 2.48 bits per heavy atom. The smallest absolute Gasteiger partial charge is 0.146 e. The van der Waals surface area contributed by atoms with E-state index in [4.69, 9.17) is 0 Å². The van der Waals surface area contributed by atoms with Crippen LogP contribution in [0.1, 0.15) is 18.5 Å². The Morgan fingerprint density at radius 1 is 0.952 bits per heavy atom. The molecule has 3 aromatic rings. The first-order valence-corrected chi connectivity index (χ1v) is 6.88. The summed E-state index contributed by atoms with van der Waals surface area (Å²) < 4.78 is 13.7. The Kier molecular flexibility index (Phi) is 3.48. The van der Waals surface area contributed by atoms with Crippen LogP contribution >= 0.6 is 0 Å². The number of phenolic OH excluding ortho intramolecular Hbond substituents is 1. The van der Waals surface area contributed by atoms with Gasteiger partial charge >= 0.3 is 0 Å². The normalized spacial score (nSPS) is 12.3. The van der Waals surface area contributed by atoms with Gasteiger partial charge in [-0.15, -0.1) is 0 Å². The monoisotopic (exact) mass is 281 g/mol. The first-order valence-electron chi connectivity index (χ1n) is 6.88. The molecule has 0 saturated heterocycles. The lowest BCUT2D eigenvalue weighted by Gasteiger charge is -2.18. The summed E-state index contributed by atoms with van der Waals surface area (Å²) in [4.78, 5) is 0. The zero-order valence-corrected chi connectivity index (χ0v) is 11.7. The summed E-state index contributed by atoms with van der Waals surface area (Å²) in [6.07, 6.45) is 0. The van der Waals surface area contributed by atoms with E-state index >= 15 is 0 Å². The van der Waals surface area contributed by atoms with E-state index in [9.17, 15) is 9.50 Å². The molecule has 2 N–H and O–H groups in total. The highest BCUT2D eigenvalue weighted by atomic mass is 19.1. The van der Waals surface area contributed by atoms with Crippen LogP contribution in [0.25, 0.3) is 10.8 Å². The maximum atomic E-state index is 13.7. The first-order chi connectivity index (χ1) is 10.2. The lowest BCUT2D eigenvalue weighted by atomic mass is 10.0. The third kappa shape index (κ3) is 2.55. The van der Waals surface area contributed by atoms with E-state index < -0.39 is 0 Å². The van der Waals surface area contributed by atoms with E-state index in [1.54, 1.807) is 18.2 Å². The zero-order chi connectivity index (χ0) is 14.8. The van der Waals surface area contributed by atoms with Gasteiger partial charge in [-0.2, -0.15) is 0 Å². The number of aromatic hydroxyl groups is 1. The molecular weight excluding hydrogens is 265 g/mol. The Labute approximate surface area is 122 Å². The van der Waals surface area contributed by atoms with E-state index in [2.05, 4.69) is 5.32 Å². The van der Waals surface area contributed by atoms with Crippen molar-refractivity contribution in [2.45, 2.75) is 13.0 Å². The van der Waals surface area contributed by atoms with Crippen LogP contribution < -0.4 is 5.32 Å². The number of hydrogen-bond donors (Lipinski definition) is 2. The lowest BCUT2D eigenvalue weighted by Crippen LogP contribution is -2.08. The molecule has 3 aromatic carbocycles. The third-order valence-electron chi connectivity index (χ3n) is 3.64. The fourth-order valence-corrected chi connectivity index (χ4v) is 2.51. The van der Waals surface area contributed by atoms with Crippen LogP contribution in [-0.2, 0) is 0 Å². The van der Waals surface area contributed by atoms with Crippen molar-refractivity contribution >= 4 is 16.5 Å². The molecule has 0 heterocycles. The molecule has 2 nitrogen and oxygen atoms in total. The highest BCUT2D eigenvalue weighted by molar-refractivity contribution is 5.89. The van der Waals surface area contributed by atoms with Crippen LogP contribution in [0, 0.1) is 5.82 Å². The standard InChI is InChI=1S/C18H16FNO/c1-12(20-17-9-5-4-8-16(17)19)14-11-10-13-6-2-3-7-15(13)18(14)21/h2-12,20-21H,1H3. The average molecular weight is 281 g/mol. The minimum absolute atomic E-state index is 0.202. The van der Waals surface area contributed by atoms with E-state index in [0.717, 1.165) is 16.3 Å². The van der Waals surface area contributed by atoms with Crippen molar-refractivity contribution in [2.24, 2.45) is 0 Å². The molecule has 0 bridgehead atoms. The van der Waals surface area contributed by atoms with Crippen molar-refractivity contribution in [1.82, 2.24) is 0 Å². The number of halogens is 1. The summed E-state index contributed by atoms with van der Waals surface area (Å²) in [6, 6.07) is 17.8. The molecule has 21 heavy (non-hydrogen) atoms. The van der Waals surface area contributed by atoms with Crippen LogP contribution in [0.2, 0.25) is 0 Å². The van der Waals surface area contributed by atoms with Crippen LogP contribution in [0.15, 0.2) is 60.7 Å². The highest BCUT2D eigenvalue weighted by Crippen LogP contribution is 2.34. The molecule has 0 aliphatic carbocycles. The second-order valence-electron chi connectivity index (χ2n) is 5.07. The van der Waals surface area contributed by atoms with Gasteiger partial charge in [0.2, 0.25) is 0 Å². The van der Waals surface area contributed by atoms with Gasteiger partial charge in [-0.3, -0.25) is 0 Å². The van der Waals surface area contributed by atoms with Crippen LogP contribution in [0.3, 0.4) is 0 Å². The van der Waals surface area contributed by atoms with E-state index in [0.29, 0.717) is 5.69 Å².